The Morgan fingerprint density at radius 3 is 2.70 bits per heavy atom. The molecule has 2 aliphatic rings. The molecule has 0 bridgehead atoms. The maximum atomic E-state index is 11.7. The van der Waals surface area contributed by atoms with Crippen LogP contribution in [0.2, 0.25) is 0 Å². The minimum Gasteiger partial charge on any atom is -0.352 e. The van der Waals surface area contributed by atoms with Gasteiger partial charge in [-0.25, -0.2) is 17.9 Å². The molecule has 23 heavy (non-hydrogen) atoms. The summed E-state index contributed by atoms with van der Waals surface area (Å²) in [6.45, 7) is 5.49. The van der Waals surface area contributed by atoms with E-state index in [9.17, 15) is 8.42 Å². The van der Waals surface area contributed by atoms with E-state index >= 15 is 0 Å². The highest BCUT2D eigenvalue weighted by Gasteiger charge is 2.34. The van der Waals surface area contributed by atoms with E-state index in [4.69, 9.17) is 0 Å². The molecular weight excluding hydrogens is 314 g/mol. The molecule has 1 unspecified atom stereocenters. The molecule has 4 heterocycles. The number of fused-ring (bicyclic) bond motifs is 1. The van der Waals surface area contributed by atoms with Crippen LogP contribution in [0.5, 0.6) is 0 Å². The van der Waals surface area contributed by atoms with Gasteiger partial charge in [-0.2, -0.15) is 5.10 Å². The van der Waals surface area contributed by atoms with E-state index in [1.807, 2.05) is 17.6 Å². The number of nitrogens with zero attached hydrogens (tertiary/aromatic N) is 5. The van der Waals surface area contributed by atoms with Gasteiger partial charge in [-0.3, -0.25) is 4.90 Å². The van der Waals surface area contributed by atoms with Crippen LogP contribution in [-0.2, 0) is 9.84 Å². The van der Waals surface area contributed by atoms with Gasteiger partial charge in [0, 0.05) is 44.6 Å². The molecular formula is C15H21N5O2S. The normalized spacial score (nSPS) is 25.3. The maximum absolute atomic E-state index is 11.7. The van der Waals surface area contributed by atoms with Crippen molar-refractivity contribution >= 4 is 21.2 Å². The lowest BCUT2D eigenvalue weighted by Crippen LogP contribution is -2.51. The molecule has 0 N–H and O–H groups in total. The Morgan fingerprint density at radius 1 is 1.22 bits per heavy atom. The Balaban J connectivity index is 1.49. The first-order valence-corrected chi connectivity index (χ1v) is 9.84. The highest BCUT2D eigenvalue weighted by atomic mass is 32.2. The lowest BCUT2D eigenvalue weighted by molar-refractivity contribution is 0.200. The van der Waals surface area contributed by atoms with Crippen LogP contribution >= 0.6 is 0 Å². The van der Waals surface area contributed by atoms with Crippen molar-refractivity contribution in [1.82, 2.24) is 19.5 Å². The summed E-state index contributed by atoms with van der Waals surface area (Å²) in [5, 5.41) is 4.44. The van der Waals surface area contributed by atoms with Gasteiger partial charge in [0.2, 0.25) is 0 Å². The summed E-state index contributed by atoms with van der Waals surface area (Å²) in [6, 6.07) is 2.25. The van der Waals surface area contributed by atoms with Crippen LogP contribution in [0, 0.1) is 6.92 Å². The number of aromatic nitrogens is 3. The molecule has 0 aromatic carbocycles. The highest BCUT2D eigenvalue weighted by Crippen LogP contribution is 2.23. The lowest BCUT2D eigenvalue weighted by Gasteiger charge is -2.38. The molecule has 4 rings (SSSR count). The smallest absolute Gasteiger partial charge is 0.154 e. The van der Waals surface area contributed by atoms with Gasteiger partial charge in [-0.15, -0.1) is 0 Å². The standard InChI is InChI=1S/C15H21N5O2S/c1-12-10-14-15(16-3-4-20(14)17-12)19-7-5-18(6-8-19)13-2-9-23(21,22)11-13/h3-4,10,13H,2,5-9,11H2,1H3. The monoisotopic (exact) mass is 335 g/mol. The number of anilines is 1. The third kappa shape index (κ3) is 2.81. The van der Waals surface area contributed by atoms with E-state index in [1.54, 1.807) is 6.20 Å². The van der Waals surface area contributed by atoms with Crippen LogP contribution < -0.4 is 4.90 Å². The number of rotatable bonds is 2. The fraction of sp³-hybridized carbons (Fsp3) is 0.600. The van der Waals surface area contributed by atoms with Crippen LogP contribution in [0.4, 0.5) is 5.82 Å². The predicted octanol–water partition coefficient (Wildman–Crippen LogP) is 0.347. The van der Waals surface area contributed by atoms with Crippen LogP contribution in [0.25, 0.3) is 5.52 Å². The minimum absolute atomic E-state index is 0.197. The van der Waals surface area contributed by atoms with Gasteiger partial charge in [-0.05, 0) is 19.4 Å². The van der Waals surface area contributed by atoms with Crippen LogP contribution in [0.3, 0.4) is 0 Å². The molecule has 8 heteroatoms. The summed E-state index contributed by atoms with van der Waals surface area (Å²) >= 11 is 0. The molecule has 1 atom stereocenters. The van der Waals surface area contributed by atoms with E-state index < -0.39 is 9.84 Å². The first-order valence-electron chi connectivity index (χ1n) is 8.02. The zero-order chi connectivity index (χ0) is 16.0. The third-order valence-electron chi connectivity index (χ3n) is 4.83. The maximum Gasteiger partial charge on any atom is 0.154 e. The number of hydrogen-bond donors (Lipinski definition) is 0. The fourth-order valence-electron chi connectivity index (χ4n) is 3.64. The quantitative estimate of drug-likeness (QED) is 0.788. The Kier molecular flexibility index (Phi) is 3.53. The molecule has 124 valence electrons. The zero-order valence-electron chi connectivity index (χ0n) is 13.2. The van der Waals surface area contributed by atoms with E-state index in [2.05, 4.69) is 25.9 Å². The van der Waals surface area contributed by atoms with Gasteiger partial charge in [0.05, 0.1) is 17.2 Å². The van der Waals surface area contributed by atoms with Crippen molar-refractivity contribution < 1.29 is 8.42 Å². The van der Waals surface area contributed by atoms with Gasteiger partial charge >= 0.3 is 0 Å². The molecule has 0 spiro atoms. The van der Waals surface area contributed by atoms with Gasteiger partial charge in [-0.1, -0.05) is 0 Å². The lowest BCUT2D eigenvalue weighted by atomic mass is 10.2. The molecule has 0 saturated carbocycles. The number of hydrogen-bond acceptors (Lipinski definition) is 6. The van der Waals surface area contributed by atoms with E-state index in [1.165, 1.54) is 0 Å². The van der Waals surface area contributed by atoms with Gasteiger partial charge < -0.3 is 4.90 Å². The summed E-state index contributed by atoms with van der Waals surface area (Å²) in [5.74, 6) is 1.63. The van der Waals surface area contributed by atoms with Gasteiger partial charge in [0.1, 0.15) is 5.52 Å². The first kappa shape index (κ1) is 14.9. The largest absolute Gasteiger partial charge is 0.352 e. The minimum atomic E-state index is -2.82. The number of aryl methyl sites for hydroxylation is 1. The second-order valence-corrected chi connectivity index (χ2v) is 8.67. The Labute approximate surface area is 135 Å². The van der Waals surface area contributed by atoms with E-state index in [-0.39, 0.29) is 6.04 Å². The van der Waals surface area contributed by atoms with Crippen molar-refractivity contribution in [3.63, 3.8) is 0 Å². The summed E-state index contributed by atoms with van der Waals surface area (Å²) in [6.07, 6.45) is 4.42. The summed E-state index contributed by atoms with van der Waals surface area (Å²) in [5.41, 5.74) is 2.01. The molecule has 0 radical (unpaired) electrons. The van der Waals surface area contributed by atoms with E-state index in [0.717, 1.165) is 49.6 Å². The van der Waals surface area contributed by atoms with Crippen LogP contribution in [0.1, 0.15) is 12.1 Å². The highest BCUT2D eigenvalue weighted by molar-refractivity contribution is 7.91. The second-order valence-electron chi connectivity index (χ2n) is 6.45. The average Bonchev–Trinajstić information content (AvgIpc) is 3.08. The molecule has 2 aliphatic heterocycles. The van der Waals surface area contributed by atoms with Crippen molar-refractivity contribution in [1.29, 1.82) is 0 Å². The fourth-order valence-corrected chi connectivity index (χ4v) is 5.40. The molecule has 2 saturated heterocycles. The molecule has 2 aromatic heterocycles. The molecule has 0 amide bonds. The van der Waals surface area contributed by atoms with Crippen molar-refractivity contribution in [3.05, 3.63) is 24.2 Å². The van der Waals surface area contributed by atoms with Crippen molar-refractivity contribution in [2.75, 3.05) is 42.6 Å². The van der Waals surface area contributed by atoms with Crippen molar-refractivity contribution in [3.8, 4) is 0 Å². The summed E-state index contributed by atoms with van der Waals surface area (Å²) < 4.78 is 25.2. The van der Waals surface area contributed by atoms with Crippen molar-refractivity contribution in [2.45, 2.75) is 19.4 Å². The first-order chi connectivity index (χ1) is 11.0. The second kappa shape index (κ2) is 5.45. The van der Waals surface area contributed by atoms with Crippen LogP contribution in [-0.4, -0.2) is 71.6 Å². The summed E-state index contributed by atoms with van der Waals surface area (Å²) in [4.78, 5) is 9.14. The van der Waals surface area contributed by atoms with Crippen LogP contribution in [0.15, 0.2) is 18.5 Å². The van der Waals surface area contributed by atoms with Gasteiger partial charge in [0.15, 0.2) is 15.7 Å². The van der Waals surface area contributed by atoms with Crippen molar-refractivity contribution in [2.24, 2.45) is 0 Å². The van der Waals surface area contributed by atoms with E-state index in [0.29, 0.717) is 11.5 Å². The Morgan fingerprint density at radius 2 is 2.00 bits per heavy atom. The molecule has 2 fully saturated rings. The Bertz CT molecular complexity index is 824. The SMILES string of the molecule is Cc1cc2c(N3CCN(C4CCS(=O)(=O)C4)CC3)nccn2n1. The molecule has 0 aliphatic carbocycles. The number of piperazine rings is 1. The number of sulfone groups is 1. The topological polar surface area (TPSA) is 70.8 Å². The predicted molar refractivity (Wildman–Crippen MR) is 88.6 cm³/mol. The summed E-state index contributed by atoms with van der Waals surface area (Å²) in [7, 11) is -2.82. The van der Waals surface area contributed by atoms with Gasteiger partial charge in [0.25, 0.3) is 0 Å². The third-order valence-corrected chi connectivity index (χ3v) is 6.58. The zero-order valence-corrected chi connectivity index (χ0v) is 14.0. The average molecular weight is 335 g/mol. The molecule has 7 nitrogen and oxygen atoms in total. The molecule has 2 aromatic rings. The Hall–Kier alpha value is -1.67.